The number of carbonyl (C=O) groups excluding carboxylic acids is 1. The highest BCUT2D eigenvalue weighted by Crippen LogP contribution is 2.24. The van der Waals surface area contributed by atoms with Crippen molar-refractivity contribution in [3.63, 3.8) is 0 Å². The molecule has 1 aromatic heterocycles. The van der Waals surface area contributed by atoms with Crippen LogP contribution in [0.5, 0.6) is 0 Å². The van der Waals surface area contributed by atoms with E-state index in [9.17, 15) is 4.79 Å². The van der Waals surface area contributed by atoms with Gasteiger partial charge in [-0.1, -0.05) is 60.4 Å². The van der Waals surface area contributed by atoms with Gasteiger partial charge in [-0.2, -0.15) is 0 Å². The van der Waals surface area contributed by atoms with Gasteiger partial charge >= 0.3 is 6.09 Å². The lowest BCUT2D eigenvalue weighted by molar-refractivity contribution is 0.140. The number of carbonyl (C=O) groups is 1. The van der Waals surface area contributed by atoms with Gasteiger partial charge < -0.3 is 10.1 Å². The molecule has 1 N–H and O–H groups in total. The maximum atomic E-state index is 11.6. The summed E-state index contributed by atoms with van der Waals surface area (Å²) < 4.78 is 6.38. The Kier molecular flexibility index (Phi) is 5.49. The van der Waals surface area contributed by atoms with Gasteiger partial charge in [-0.15, -0.1) is 11.3 Å². The molecule has 0 aliphatic heterocycles. The summed E-state index contributed by atoms with van der Waals surface area (Å²) in [6, 6.07) is 19.9. The molecule has 0 radical (unpaired) electrons. The van der Waals surface area contributed by atoms with Crippen LogP contribution < -0.4 is 5.32 Å². The maximum Gasteiger partial charge on any atom is 0.407 e. The van der Waals surface area contributed by atoms with Crippen molar-refractivity contribution in [1.82, 2.24) is 5.32 Å². The van der Waals surface area contributed by atoms with Gasteiger partial charge in [0, 0.05) is 17.7 Å². The largest absolute Gasteiger partial charge is 0.445 e. The van der Waals surface area contributed by atoms with Crippen LogP contribution in [0, 0.1) is 11.8 Å². The Balaban J connectivity index is 1.40. The Morgan fingerprint density at radius 3 is 2.71 bits per heavy atom. The second-order valence-electron chi connectivity index (χ2n) is 5.19. The van der Waals surface area contributed by atoms with Gasteiger partial charge in [-0.25, -0.2) is 4.79 Å². The van der Waals surface area contributed by atoms with E-state index in [-0.39, 0.29) is 6.61 Å². The van der Waals surface area contributed by atoms with Gasteiger partial charge in [0.05, 0.1) is 4.88 Å². The first-order valence-electron chi connectivity index (χ1n) is 7.73. The summed E-state index contributed by atoms with van der Waals surface area (Å²) in [6.45, 7) is 0.756. The minimum Gasteiger partial charge on any atom is -0.445 e. The Morgan fingerprint density at radius 1 is 1.08 bits per heavy atom. The van der Waals surface area contributed by atoms with E-state index in [0.29, 0.717) is 13.0 Å². The first kappa shape index (κ1) is 16.1. The molecule has 0 fully saturated rings. The number of hydrogen-bond donors (Lipinski definition) is 1. The molecule has 120 valence electrons. The van der Waals surface area contributed by atoms with Gasteiger partial charge in [-0.05, 0) is 23.1 Å². The molecule has 2 aromatic carbocycles. The van der Waals surface area contributed by atoms with E-state index in [1.54, 1.807) is 11.3 Å². The van der Waals surface area contributed by atoms with Crippen LogP contribution in [0.3, 0.4) is 0 Å². The lowest BCUT2D eigenvalue weighted by atomic mass is 10.2. The molecule has 24 heavy (non-hydrogen) atoms. The third kappa shape index (κ3) is 4.61. The second-order valence-corrected chi connectivity index (χ2v) is 6.27. The summed E-state index contributed by atoms with van der Waals surface area (Å²) in [4.78, 5) is 12.6. The zero-order valence-electron chi connectivity index (χ0n) is 13.1. The van der Waals surface area contributed by atoms with E-state index in [1.165, 1.54) is 10.1 Å². The summed E-state index contributed by atoms with van der Waals surface area (Å²) in [7, 11) is 0. The van der Waals surface area contributed by atoms with Crippen molar-refractivity contribution in [3.05, 3.63) is 71.1 Å². The van der Waals surface area contributed by atoms with Crippen molar-refractivity contribution in [2.75, 3.05) is 6.54 Å². The zero-order chi connectivity index (χ0) is 16.6. The van der Waals surface area contributed by atoms with Crippen LogP contribution in [0.25, 0.3) is 10.1 Å². The van der Waals surface area contributed by atoms with Crippen molar-refractivity contribution < 1.29 is 9.53 Å². The molecule has 1 amide bonds. The van der Waals surface area contributed by atoms with Gasteiger partial charge in [0.1, 0.15) is 6.61 Å². The Labute approximate surface area is 145 Å². The third-order valence-corrected chi connectivity index (χ3v) is 4.40. The molecule has 3 aromatic rings. The molecule has 0 aliphatic rings. The standard InChI is InChI=1S/C20H17NO2S/c22-20(23-15-16-8-2-1-3-9-16)21-13-7-6-11-18-14-17-10-4-5-12-19(17)24-18/h1-5,8-10,12,14H,7,13,15H2,(H,21,22). The number of hydrogen-bond acceptors (Lipinski definition) is 3. The van der Waals surface area contributed by atoms with Gasteiger partial charge in [0.25, 0.3) is 0 Å². The fraction of sp³-hybridized carbons (Fsp3) is 0.150. The van der Waals surface area contributed by atoms with Crippen molar-refractivity contribution in [2.24, 2.45) is 0 Å². The fourth-order valence-electron chi connectivity index (χ4n) is 2.19. The van der Waals surface area contributed by atoms with Crippen LogP contribution in [0.2, 0.25) is 0 Å². The molecule has 0 bridgehead atoms. The highest BCUT2D eigenvalue weighted by atomic mass is 32.1. The van der Waals surface area contributed by atoms with Crippen molar-refractivity contribution in [1.29, 1.82) is 0 Å². The van der Waals surface area contributed by atoms with E-state index >= 15 is 0 Å². The minimum atomic E-state index is -0.414. The molecular weight excluding hydrogens is 318 g/mol. The van der Waals surface area contributed by atoms with E-state index in [0.717, 1.165) is 10.4 Å². The van der Waals surface area contributed by atoms with E-state index in [4.69, 9.17) is 4.74 Å². The monoisotopic (exact) mass is 335 g/mol. The van der Waals surface area contributed by atoms with Crippen molar-refractivity contribution in [3.8, 4) is 11.8 Å². The number of ether oxygens (including phenoxy) is 1. The second kappa shape index (κ2) is 8.19. The molecule has 3 nitrogen and oxygen atoms in total. The van der Waals surface area contributed by atoms with Gasteiger partial charge in [0.15, 0.2) is 0 Å². The van der Waals surface area contributed by atoms with E-state index in [2.05, 4.69) is 35.4 Å². The lowest BCUT2D eigenvalue weighted by Crippen LogP contribution is -2.24. The zero-order valence-corrected chi connectivity index (χ0v) is 13.9. The molecule has 0 atom stereocenters. The Bertz CT molecular complexity index is 842. The van der Waals surface area contributed by atoms with Crippen LogP contribution in [-0.4, -0.2) is 12.6 Å². The summed E-state index contributed by atoms with van der Waals surface area (Å²) >= 11 is 1.68. The highest BCUT2D eigenvalue weighted by molar-refractivity contribution is 7.19. The minimum absolute atomic E-state index is 0.278. The molecule has 0 saturated carbocycles. The number of alkyl carbamates (subject to hydrolysis) is 1. The number of nitrogens with one attached hydrogen (secondary N) is 1. The van der Waals surface area contributed by atoms with E-state index in [1.807, 2.05) is 42.5 Å². The molecule has 1 heterocycles. The number of rotatable bonds is 4. The first-order valence-corrected chi connectivity index (χ1v) is 8.55. The topological polar surface area (TPSA) is 38.3 Å². The third-order valence-electron chi connectivity index (χ3n) is 3.37. The average molecular weight is 335 g/mol. The summed E-state index contributed by atoms with van der Waals surface area (Å²) in [6.07, 6.45) is 0.178. The molecule has 3 rings (SSSR count). The molecule has 4 heteroatoms. The maximum absolute atomic E-state index is 11.6. The Hall–Kier alpha value is -2.77. The SMILES string of the molecule is O=C(NCCC#Cc1cc2ccccc2s1)OCc1ccccc1. The predicted molar refractivity (Wildman–Crippen MR) is 97.9 cm³/mol. The van der Waals surface area contributed by atoms with Crippen LogP contribution in [0.4, 0.5) is 4.79 Å². The van der Waals surface area contributed by atoms with Gasteiger partial charge in [-0.3, -0.25) is 0 Å². The highest BCUT2D eigenvalue weighted by Gasteiger charge is 2.01. The van der Waals surface area contributed by atoms with E-state index < -0.39 is 6.09 Å². The van der Waals surface area contributed by atoms with Crippen LogP contribution >= 0.6 is 11.3 Å². The van der Waals surface area contributed by atoms with Crippen molar-refractivity contribution in [2.45, 2.75) is 13.0 Å². The summed E-state index contributed by atoms with van der Waals surface area (Å²) in [5.41, 5.74) is 0.970. The van der Waals surface area contributed by atoms with Crippen molar-refractivity contribution >= 4 is 27.5 Å². The van der Waals surface area contributed by atoms with Gasteiger partial charge in [0.2, 0.25) is 0 Å². The molecule has 0 saturated heterocycles. The number of benzene rings is 2. The van der Waals surface area contributed by atoms with Crippen LogP contribution in [-0.2, 0) is 11.3 Å². The number of amides is 1. The molecule has 0 spiro atoms. The average Bonchev–Trinajstić information content (AvgIpc) is 3.03. The predicted octanol–water partition coefficient (Wildman–Crippen LogP) is 4.57. The first-order chi connectivity index (χ1) is 11.8. The summed E-state index contributed by atoms with van der Waals surface area (Å²) in [5, 5.41) is 3.92. The summed E-state index contributed by atoms with van der Waals surface area (Å²) in [5.74, 6) is 6.22. The fourth-order valence-corrected chi connectivity index (χ4v) is 3.13. The Morgan fingerprint density at radius 2 is 1.88 bits per heavy atom. The number of thiophene rings is 1. The lowest BCUT2D eigenvalue weighted by Gasteiger charge is -2.05. The normalized spacial score (nSPS) is 10.0. The molecular formula is C20H17NO2S. The quantitative estimate of drug-likeness (QED) is 0.560. The number of fused-ring (bicyclic) bond motifs is 1. The molecule has 0 aliphatic carbocycles. The smallest absolute Gasteiger partial charge is 0.407 e. The van der Waals surface area contributed by atoms with Crippen LogP contribution in [0.1, 0.15) is 16.9 Å². The molecule has 0 unspecified atom stereocenters. The van der Waals surface area contributed by atoms with Crippen LogP contribution in [0.15, 0.2) is 60.7 Å².